The third-order valence-electron chi connectivity index (χ3n) is 3.45. The van der Waals surface area contributed by atoms with Crippen molar-refractivity contribution in [3.63, 3.8) is 0 Å². The number of halogens is 2. The lowest BCUT2D eigenvalue weighted by molar-refractivity contribution is 0.874. The van der Waals surface area contributed by atoms with E-state index in [1.807, 2.05) is 30.3 Å². The van der Waals surface area contributed by atoms with Gasteiger partial charge in [0.1, 0.15) is 0 Å². The second kappa shape index (κ2) is 5.72. The van der Waals surface area contributed by atoms with Crippen LogP contribution in [0.3, 0.4) is 0 Å². The largest absolute Gasteiger partial charge is 0.320 e. The van der Waals surface area contributed by atoms with Crippen LogP contribution in [0.25, 0.3) is 10.8 Å². The molecule has 20 heavy (non-hydrogen) atoms. The van der Waals surface area contributed by atoms with Crippen molar-refractivity contribution >= 4 is 45.0 Å². The summed E-state index contributed by atoms with van der Waals surface area (Å²) in [6, 6.07) is 20.2. The molecule has 0 aliphatic heterocycles. The maximum absolute atomic E-state index is 6.49. The summed E-state index contributed by atoms with van der Waals surface area (Å²) in [7, 11) is 0. The highest BCUT2D eigenvalue weighted by Gasteiger charge is 2.15. The van der Waals surface area contributed by atoms with E-state index in [2.05, 4.69) is 52.9 Å². The van der Waals surface area contributed by atoms with Gasteiger partial charge < -0.3 is 5.73 Å². The Morgan fingerprint density at radius 2 is 1.65 bits per heavy atom. The molecular weight excluding hydrogens is 381 g/mol. The molecule has 0 aliphatic rings. The van der Waals surface area contributed by atoms with Crippen molar-refractivity contribution in [1.29, 1.82) is 0 Å². The molecule has 0 heterocycles. The van der Waals surface area contributed by atoms with Crippen molar-refractivity contribution in [2.45, 2.75) is 6.04 Å². The van der Waals surface area contributed by atoms with Gasteiger partial charge in [0.05, 0.1) is 6.04 Å². The van der Waals surface area contributed by atoms with Crippen LogP contribution in [0, 0.1) is 3.57 Å². The third kappa shape index (κ3) is 2.55. The monoisotopic (exact) mass is 393 g/mol. The molecular formula is C17H13ClIN. The van der Waals surface area contributed by atoms with E-state index in [1.165, 1.54) is 10.8 Å². The van der Waals surface area contributed by atoms with Gasteiger partial charge in [-0.05, 0) is 62.7 Å². The molecule has 3 aromatic carbocycles. The van der Waals surface area contributed by atoms with Crippen molar-refractivity contribution < 1.29 is 0 Å². The number of benzene rings is 3. The fourth-order valence-corrected chi connectivity index (χ4v) is 3.29. The maximum atomic E-state index is 6.49. The normalized spacial score (nSPS) is 12.6. The Balaban J connectivity index is 2.17. The topological polar surface area (TPSA) is 26.0 Å². The summed E-state index contributed by atoms with van der Waals surface area (Å²) >= 11 is 8.41. The Bertz CT molecular complexity index is 765. The molecule has 0 radical (unpaired) electrons. The molecule has 0 fully saturated rings. The van der Waals surface area contributed by atoms with Gasteiger partial charge in [-0.2, -0.15) is 0 Å². The van der Waals surface area contributed by atoms with Crippen LogP contribution in [-0.2, 0) is 0 Å². The van der Waals surface area contributed by atoms with Gasteiger partial charge in [-0.3, -0.25) is 0 Å². The first-order chi connectivity index (χ1) is 9.66. The van der Waals surface area contributed by atoms with E-state index in [9.17, 15) is 0 Å². The molecule has 2 N–H and O–H groups in total. The standard InChI is InChI=1S/C17H13ClIN/c18-12-8-9-16(19)15(10-12)17(20)14-7-3-5-11-4-1-2-6-13(11)14/h1-10,17H,20H2. The summed E-state index contributed by atoms with van der Waals surface area (Å²) in [5, 5.41) is 3.12. The summed E-state index contributed by atoms with van der Waals surface area (Å²) in [6.45, 7) is 0. The van der Waals surface area contributed by atoms with Crippen molar-refractivity contribution in [3.8, 4) is 0 Å². The average molecular weight is 394 g/mol. The first-order valence-corrected chi connectivity index (χ1v) is 7.80. The molecule has 100 valence electrons. The van der Waals surface area contributed by atoms with Crippen LogP contribution in [0.4, 0.5) is 0 Å². The van der Waals surface area contributed by atoms with Gasteiger partial charge in [-0.1, -0.05) is 54.1 Å². The van der Waals surface area contributed by atoms with Crippen LogP contribution in [0.15, 0.2) is 60.7 Å². The molecule has 0 bridgehead atoms. The molecule has 3 aromatic rings. The quantitative estimate of drug-likeness (QED) is 0.599. The molecule has 1 nitrogen and oxygen atoms in total. The van der Waals surface area contributed by atoms with Gasteiger partial charge in [0.2, 0.25) is 0 Å². The van der Waals surface area contributed by atoms with Crippen LogP contribution < -0.4 is 5.73 Å². The molecule has 0 aliphatic carbocycles. The van der Waals surface area contributed by atoms with E-state index in [0.29, 0.717) is 0 Å². The summed E-state index contributed by atoms with van der Waals surface area (Å²) in [6.07, 6.45) is 0. The van der Waals surface area contributed by atoms with Crippen molar-refractivity contribution in [2.24, 2.45) is 5.73 Å². The first kappa shape index (κ1) is 13.9. The van der Waals surface area contributed by atoms with E-state index < -0.39 is 0 Å². The van der Waals surface area contributed by atoms with Crippen LogP contribution in [0.2, 0.25) is 5.02 Å². The van der Waals surface area contributed by atoms with Crippen LogP contribution >= 0.6 is 34.2 Å². The lowest BCUT2D eigenvalue weighted by atomic mass is 9.94. The molecule has 3 heteroatoms. The van der Waals surface area contributed by atoms with Gasteiger partial charge in [0.15, 0.2) is 0 Å². The van der Waals surface area contributed by atoms with E-state index >= 15 is 0 Å². The predicted octanol–water partition coefficient (Wildman–Crippen LogP) is 5.15. The SMILES string of the molecule is NC(c1cc(Cl)ccc1I)c1cccc2ccccc12. The highest BCUT2D eigenvalue weighted by atomic mass is 127. The number of hydrogen-bond donors (Lipinski definition) is 1. The van der Waals surface area contributed by atoms with E-state index in [1.54, 1.807) is 0 Å². The summed E-state index contributed by atoms with van der Waals surface area (Å²) in [4.78, 5) is 0. The first-order valence-electron chi connectivity index (χ1n) is 6.35. The number of fused-ring (bicyclic) bond motifs is 1. The minimum Gasteiger partial charge on any atom is -0.320 e. The lowest BCUT2D eigenvalue weighted by Gasteiger charge is -2.17. The smallest absolute Gasteiger partial charge is 0.0568 e. The third-order valence-corrected chi connectivity index (χ3v) is 4.67. The number of nitrogens with two attached hydrogens (primary N) is 1. The zero-order valence-electron chi connectivity index (χ0n) is 10.7. The molecule has 1 unspecified atom stereocenters. The van der Waals surface area contributed by atoms with Gasteiger partial charge in [0.25, 0.3) is 0 Å². The van der Waals surface area contributed by atoms with Gasteiger partial charge in [-0.25, -0.2) is 0 Å². The summed E-state index contributed by atoms with van der Waals surface area (Å²) in [5.41, 5.74) is 8.68. The molecule has 0 saturated heterocycles. The van der Waals surface area contributed by atoms with Gasteiger partial charge in [-0.15, -0.1) is 0 Å². The predicted molar refractivity (Wildman–Crippen MR) is 94.1 cm³/mol. The minimum atomic E-state index is -0.174. The Morgan fingerprint density at radius 1 is 0.900 bits per heavy atom. The Hall–Kier alpha value is -1.10. The van der Waals surface area contributed by atoms with E-state index in [0.717, 1.165) is 19.7 Å². The average Bonchev–Trinajstić information content (AvgIpc) is 2.48. The Kier molecular flexibility index (Phi) is 3.96. The Labute approximate surface area is 136 Å². The second-order valence-corrected chi connectivity index (χ2v) is 6.31. The van der Waals surface area contributed by atoms with Crippen LogP contribution in [0.1, 0.15) is 17.2 Å². The van der Waals surface area contributed by atoms with Crippen molar-refractivity contribution in [1.82, 2.24) is 0 Å². The molecule has 1 atom stereocenters. The lowest BCUT2D eigenvalue weighted by Crippen LogP contribution is -2.13. The van der Waals surface area contributed by atoms with Crippen molar-refractivity contribution in [3.05, 3.63) is 80.4 Å². The van der Waals surface area contributed by atoms with Crippen LogP contribution in [0.5, 0.6) is 0 Å². The molecule has 0 spiro atoms. The zero-order valence-corrected chi connectivity index (χ0v) is 13.6. The second-order valence-electron chi connectivity index (χ2n) is 4.71. The fraction of sp³-hybridized carbons (Fsp3) is 0.0588. The maximum Gasteiger partial charge on any atom is 0.0568 e. The van der Waals surface area contributed by atoms with Crippen molar-refractivity contribution in [2.75, 3.05) is 0 Å². The van der Waals surface area contributed by atoms with E-state index in [4.69, 9.17) is 17.3 Å². The van der Waals surface area contributed by atoms with Gasteiger partial charge in [0, 0.05) is 8.59 Å². The molecule has 3 rings (SSSR count). The highest BCUT2D eigenvalue weighted by Crippen LogP contribution is 2.31. The minimum absolute atomic E-state index is 0.174. The molecule has 0 saturated carbocycles. The molecule has 0 amide bonds. The van der Waals surface area contributed by atoms with E-state index in [-0.39, 0.29) is 6.04 Å². The number of rotatable bonds is 2. The summed E-state index contributed by atoms with van der Waals surface area (Å²) in [5.74, 6) is 0. The van der Waals surface area contributed by atoms with Crippen LogP contribution in [-0.4, -0.2) is 0 Å². The fourth-order valence-electron chi connectivity index (χ4n) is 2.44. The summed E-state index contributed by atoms with van der Waals surface area (Å²) < 4.78 is 1.13. The van der Waals surface area contributed by atoms with Gasteiger partial charge >= 0.3 is 0 Å². The highest BCUT2D eigenvalue weighted by molar-refractivity contribution is 14.1. The zero-order chi connectivity index (χ0) is 14.1. The Morgan fingerprint density at radius 3 is 2.50 bits per heavy atom. The molecule has 0 aromatic heterocycles. The number of hydrogen-bond acceptors (Lipinski definition) is 1.